The largest absolute Gasteiger partial charge is 0.475 e. The number of nitrogens with one attached hydrogen (secondary N) is 3. The van der Waals surface area contributed by atoms with Crippen molar-refractivity contribution in [3.05, 3.63) is 35.9 Å². The maximum atomic E-state index is 13.6. The van der Waals surface area contributed by atoms with Crippen LogP contribution in [-0.4, -0.2) is 82.6 Å². The molecular weight excluding hydrogens is 513 g/mol. The van der Waals surface area contributed by atoms with Gasteiger partial charge < -0.3 is 37.0 Å². The van der Waals surface area contributed by atoms with E-state index in [0.29, 0.717) is 6.42 Å². The summed E-state index contributed by atoms with van der Waals surface area (Å²) in [5.41, 5.74) is 11.6. The van der Waals surface area contributed by atoms with E-state index in [1.807, 2.05) is 30.3 Å². The molecule has 0 radical (unpaired) electrons. The standard InChI is InChI=1S/C24H38BN7O5.ClH/c1-16(33)30-19(14-17-8-3-2-4-9-17)24(35)32(18-10-5-6-11-18)15-21(34)31-20(25(36)37)12-7-13-29-23(28)22(26)27;/h2-4,8-9,18-20,36-37H,5-7,10-15H2,1H3,(H3,26,27)(H2,28,29)(H,30,33)(H,31,34);1H/t19-,20+;/m1./s1. The first-order chi connectivity index (χ1) is 17.6. The fourth-order valence-corrected chi connectivity index (χ4v) is 4.40. The lowest BCUT2D eigenvalue weighted by Crippen LogP contribution is -2.56. The van der Waals surface area contributed by atoms with Crippen molar-refractivity contribution in [2.75, 3.05) is 13.1 Å². The van der Waals surface area contributed by atoms with Crippen LogP contribution in [0.5, 0.6) is 0 Å². The van der Waals surface area contributed by atoms with Crippen molar-refractivity contribution in [3.63, 3.8) is 0 Å². The first-order valence-corrected chi connectivity index (χ1v) is 12.5. The third-order valence-electron chi connectivity index (χ3n) is 6.26. The van der Waals surface area contributed by atoms with Crippen LogP contribution in [0, 0.1) is 5.41 Å². The quantitative estimate of drug-likeness (QED) is 0.0739. The lowest BCUT2D eigenvalue weighted by atomic mass is 9.76. The van der Waals surface area contributed by atoms with Crippen LogP contribution in [0.2, 0.25) is 0 Å². The number of rotatable bonds is 13. The highest BCUT2D eigenvalue weighted by molar-refractivity contribution is 6.43. The summed E-state index contributed by atoms with van der Waals surface area (Å²) in [4.78, 5) is 43.9. The van der Waals surface area contributed by atoms with Gasteiger partial charge in [-0.3, -0.25) is 24.8 Å². The van der Waals surface area contributed by atoms with Crippen LogP contribution in [0.15, 0.2) is 35.3 Å². The highest BCUT2D eigenvalue weighted by atomic mass is 35.5. The van der Waals surface area contributed by atoms with Crippen molar-refractivity contribution in [1.82, 2.24) is 15.5 Å². The Bertz CT molecular complexity index is 961. The molecule has 12 nitrogen and oxygen atoms in total. The number of nitrogens with two attached hydrogens (primary N) is 2. The van der Waals surface area contributed by atoms with Gasteiger partial charge in [-0.25, -0.2) is 0 Å². The molecule has 210 valence electrons. The number of amides is 3. The van der Waals surface area contributed by atoms with Gasteiger partial charge in [-0.1, -0.05) is 43.2 Å². The third kappa shape index (κ3) is 11.1. The Morgan fingerprint density at radius 3 is 2.34 bits per heavy atom. The molecule has 0 spiro atoms. The van der Waals surface area contributed by atoms with Gasteiger partial charge in [0, 0.05) is 25.9 Å². The zero-order chi connectivity index (χ0) is 27.4. The summed E-state index contributed by atoms with van der Waals surface area (Å²) in [7, 11) is -1.82. The van der Waals surface area contributed by atoms with Crippen LogP contribution >= 0.6 is 12.4 Å². The molecule has 1 aliphatic carbocycles. The van der Waals surface area contributed by atoms with Gasteiger partial charge in [0.15, 0.2) is 11.7 Å². The Morgan fingerprint density at radius 1 is 1.16 bits per heavy atom. The number of benzene rings is 1. The summed E-state index contributed by atoms with van der Waals surface area (Å²) >= 11 is 0. The van der Waals surface area contributed by atoms with Crippen molar-refractivity contribution in [1.29, 1.82) is 5.41 Å². The molecule has 3 amide bonds. The molecule has 0 saturated heterocycles. The number of nitrogens with zero attached hydrogens (tertiary/aromatic N) is 2. The fraction of sp³-hybridized carbons (Fsp3) is 0.542. The molecule has 0 unspecified atom stereocenters. The Balaban J connectivity index is 0.00000722. The van der Waals surface area contributed by atoms with E-state index in [0.717, 1.165) is 31.2 Å². The number of aliphatic imine (C=N–C) groups is 1. The Kier molecular flexibility index (Phi) is 14.4. The molecule has 14 heteroatoms. The van der Waals surface area contributed by atoms with E-state index in [4.69, 9.17) is 16.9 Å². The topological polar surface area (TPSA) is 207 Å². The van der Waals surface area contributed by atoms with Crippen molar-refractivity contribution in [3.8, 4) is 0 Å². The van der Waals surface area contributed by atoms with Crippen molar-refractivity contribution >= 4 is 48.9 Å². The van der Waals surface area contributed by atoms with Crippen LogP contribution in [0.4, 0.5) is 0 Å². The van der Waals surface area contributed by atoms with Gasteiger partial charge in [-0.05, 0) is 31.2 Å². The lowest BCUT2D eigenvalue weighted by molar-refractivity contribution is -0.141. The number of halogens is 1. The SMILES string of the molecule is CC(=O)N[C@H](Cc1ccccc1)C(=O)N(CC(=O)N[C@@H](CCCN=C(N)C(=N)N)B(O)O)C1CCCC1.Cl. The summed E-state index contributed by atoms with van der Waals surface area (Å²) in [6.07, 6.45) is 4.17. The second kappa shape index (κ2) is 16.6. The molecule has 0 bridgehead atoms. The lowest BCUT2D eigenvalue weighted by Gasteiger charge is -2.32. The molecule has 38 heavy (non-hydrogen) atoms. The highest BCUT2D eigenvalue weighted by Gasteiger charge is 2.34. The van der Waals surface area contributed by atoms with E-state index in [-0.39, 0.29) is 67.9 Å². The van der Waals surface area contributed by atoms with Crippen molar-refractivity contribution in [2.45, 2.75) is 69.9 Å². The summed E-state index contributed by atoms with van der Waals surface area (Å²) in [6, 6.07) is 8.33. The summed E-state index contributed by atoms with van der Waals surface area (Å²) in [6.45, 7) is 1.27. The maximum Gasteiger partial charge on any atom is 0.475 e. The maximum absolute atomic E-state index is 13.6. The average Bonchev–Trinajstić information content (AvgIpc) is 3.38. The summed E-state index contributed by atoms with van der Waals surface area (Å²) in [5.74, 6) is -2.69. The van der Waals surface area contributed by atoms with Gasteiger partial charge >= 0.3 is 7.12 Å². The second-order valence-corrected chi connectivity index (χ2v) is 9.26. The van der Waals surface area contributed by atoms with Crippen LogP contribution in [0.1, 0.15) is 51.0 Å². The van der Waals surface area contributed by atoms with Gasteiger partial charge in [-0.2, -0.15) is 0 Å². The fourth-order valence-electron chi connectivity index (χ4n) is 4.40. The van der Waals surface area contributed by atoms with Gasteiger partial charge in [0.2, 0.25) is 17.7 Å². The monoisotopic (exact) mass is 551 g/mol. The minimum absolute atomic E-state index is 0. The smallest absolute Gasteiger partial charge is 0.426 e. The molecule has 0 heterocycles. The Hall–Kier alpha value is -3.16. The van der Waals surface area contributed by atoms with E-state index < -0.39 is 25.0 Å². The van der Waals surface area contributed by atoms with Gasteiger partial charge in [-0.15, -0.1) is 12.4 Å². The molecule has 1 saturated carbocycles. The predicted molar refractivity (Wildman–Crippen MR) is 149 cm³/mol. The molecule has 2 atom stereocenters. The van der Waals surface area contributed by atoms with Crippen LogP contribution < -0.4 is 22.1 Å². The van der Waals surface area contributed by atoms with E-state index >= 15 is 0 Å². The van der Waals surface area contributed by atoms with Crippen LogP contribution in [0.3, 0.4) is 0 Å². The minimum Gasteiger partial charge on any atom is -0.426 e. The molecule has 1 aliphatic rings. The molecule has 1 fully saturated rings. The van der Waals surface area contributed by atoms with Crippen LogP contribution in [-0.2, 0) is 20.8 Å². The van der Waals surface area contributed by atoms with E-state index in [2.05, 4.69) is 15.6 Å². The molecule has 1 aromatic rings. The molecule has 2 rings (SSSR count). The highest BCUT2D eigenvalue weighted by Crippen LogP contribution is 2.24. The zero-order valence-electron chi connectivity index (χ0n) is 21.6. The molecule has 1 aromatic carbocycles. The number of amidine groups is 2. The zero-order valence-corrected chi connectivity index (χ0v) is 22.5. The summed E-state index contributed by atoms with van der Waals surface area (Å²) in [5, 5.41) is 32.1. The number of carbonyl (C=O) groups excluding carboxylic acids is 3. The van der Waals surface area contributed by atoms with Gasteiger partial charge in [0.25, 0.3) is 0 Å². The first-order valence-electron chi connectivity index (χ1n) is 12.5. The van der Waals surface area contributed by atoms with Crippen molar-refractivity contribution in [2.24, 2.45) is 16.5 Å². The van der Waals surface area contributed by atoms with E-state index in [1.54, 1.807) is 0 Å². The normalized spacial score (nSPS) is 15.1. The number of hydrogen-bond acceptors (Lipinski definition) is 7. The minimum atomic E-state index is -1.82. The van der Waals surface area contributed by atoms with Gasteiger partial charge in [0.05, 0.1) is 12.5 Å². The van der Waals surface area contributed by atoms with Crippen LogP contribution in [0.25, 0.3) is 0 Å². The van der Waals surface area contributed by atoms with E-state index in [1.165, 1.54) is 11.8 Å². The van der Waals surface area contributed by atoms with E-state index in [9.17, 15) is 24.4 Å². The Labute approximate surface area is 229 Å². The number of carbonyl (C=O) groups is 3. The molecular formula is C24H39BClN7O5. The second-order valence-electron chi connectivity index (χ2n) is 9.26. The third-order valence-corrected chi connectivity index (χ3v) is 6.26. The number of hydrogen-bond donors (Lipinski definition) is 7. The first kappa shape index (κ1) is 32.9. The predicted octanol–water partition coefficient (Wildman–Crippen LogP) is -0.503. The van der Waals surface area contributed by atoms with Gasteiger partial charge in [0.1, 0.15) is 6.04 Å². The van der Waals surface area contributed by atoms with Crippen molar-refractivity contribution < 1.29 is 24.4 Å². The molecule has 9 N–H and O–H groups in total. The Morgan fingerprint density at radius 2 is 1.79 bits per heavy atom. The average molecular weight is 552 g/mol. The summed E-state index contributed by atoms with van der Waals surface area (Å²) < 4.78 is 0. The molecule has 0 aliphatic heterocycles. The molecule has 0 aromatic heterocycles.